The summed E-state index contributed by atoms with van der Waals surface area (Å²) in [6.07, 6.45) is 9.32. The van der Waals surface area contributed by atoms with Gasteiger partial charge in [-0.2, -0.15) is 0 Å². The Labute approximate surface area is 119 Å². The van der Waals surface area contributed by atoms with E-state index in [1.165, 1.54) is 58.0 Å². The molecule has 1 aliphatic carbocycles. The largest absolute Gasteiger partial charge is 0.381 e. The first-order chi connectivity index (χ1) is 9.31. The summed E-state index contributed by atoms with van der Waals surface area (Å²) < 4.78 is 5.48. The molecule has 0 radical (unpaired) electrons. The highest BCUT2D eigenvalue weighted by atomic mass is 16.5. The second kappa shape index (κ2) is 8.23. The molecule has 3 heteroatoms. The predicted octanol–water partition coefficient (Wildman–Crippen LogP) is 2.66. The Morgan fingerprint density at radius 3 is 2.58 bits per heavy atom. The fourth-order valence-corrected chi connectivity index (χ4v) is 3.67. The van der Waals surface area contributed by atoms with Gasteiger partial charge in [0.15, 0.2) is 0 Å². The van der Waals surface area contributed by atoms with Crippen LogP contribution in [-0.2, 0) is 4.74 Å². The van der Waals surface area contributed by atoms with Gasteiger partial charge in [-0.15, -0.1) is 0 Å². The summed E-state index contributed by atoms with van der Waals surface area (Å²) in [6, 6.07) is 1.51. The summed E-state index contributed by atoms with van der Waals surface area (Å²) in [5.74, 6) is 0.855. The van der Waals surface area contributed by atoms with Crippen LogP contribution in [0.5, 0.6) is 0 Å². The highest BCUT2D eigenvalue weighted by molar-refractivity contribution is 4.84. The first-order valence-electron chi connectivity index (χ1n) is 8.32. The van der Waals surface area contributed by atoms with Crippen LogP contribution in [0.25, 0.3) is 0 Å². The summed E-state index contributed by atoms with van der Waals surface area (Å²) in [7, 11) is 2.32. The van der Waals surface area contributed by atoms with Gasteiger partial charge in [0.25, 0.3) is 0 Å². The zero-order valence-electron chi connectivity index (χ0n) is 12.9. The van der Waals surface area contributed by atoms with Crippen LogP contribution >= 0.6 is 0 Å². The molecule has 2 atom stereocenters. The van der Waals surface area contributed by atoms with Gasteiger partial charge in [-0.3, -0.25) is 0 Å². The Balaban J connectivity index is 1.80. The smallest absolute Gasteiger partial charge is 0.0480 e. The van der Waals surface area contributed by atoms with Crippen molar-refractivity contribution in [2.45, 2.75) is 64.0 Å². The van der Waals surface area contributed by atoms with E-state index in [1.54, 1.807) is 0 Å². The molecular weight excluding hydrogens is 236 g/mol. The summed E-state index contributed by atoms with van der Waals surface area (Å²) in [5, 5.41) is 3.78. The van der Waals surface area contributed by atoms with Gasteiger partial charge in [-0.1, -0.05) is 19.8 Å². The molecule has 1 heterocycles. The molecule has 3 nitrogen and oxygen atoms in total. The van der Waals surface area contributed by atoms with Gasteiger partial charge in [0.05, 0.1) is 0 Å². The molecule has 2 fully saturated rings. The monoisotopic (exact) mass is 268 g/mol. The van der Waals surface area contributed by atoms with E-state index < -0.39 is 0 Å². The highest BCUT2D eigenvalue weighted by Gasteiger charge is 2.28. The van der Waals surface area contributed by atoms with Crippen molar-refractivity contribution in [1.82, 2.24) is 10.2 Å². The lowest BCUT2D eigenvalue weighted by Gasteiger charge is -2.38. The van der Waals surface area contributed by atoms with E-state index in [0.29, 0.717) is 0 Å². The minimum absolute atomic E-state index is 0.752. The molecule has 112 valence electrons. The standard InChI is InChI=1S/C16H32N2O/c1-3-10-17-16-7-5-4-6-14(16)13-18(2)15-8-11-19-12-9-15/h14-17H,3-13H2,1-2H3. The average Bonchev–Trinajstić information content (AvgIpc) is 2.47. The minimum atomic E-state index is 0.752. The fraction of sp³-hybridized carbons (Fsp3) is 1.00. The van der Waals surface area contributed by atoms with Crippen LogP contribution in [0.3, 0.4) is 0 Å². The third-order valence-electron chi connectivity index (χ3n) is 4.90. The Kier molecular flexibility index (Phi) is 6.62. The van der Waals surface area contributed by atoms with Crippen molar-refractivity contribution in [1.29, 1.82) is 0 Å². The average molecular weight is 268 g/mol. The fourth-order valence-electron chi connectivity index (χ4n) is 3.67. The van der Waals surface area contributed by atoms with Gasteiger partial charge in [-0.25, -0.2) is 0 Å². The number of hydrogen-bond donors (Lipinski definition) is 1. The molecule has 0 aromatic carbocycles. The summed E-state index contributed by atoms with van der Waals surface area (Å²) in [5.41, 5.74) is 0. The molecule has 19 heavy (non-hydrogen) atoms. The van der Waals surface area contributed by atoms with Crippen LogP contribution in [0.4, 0.5) is 0 Å². The number of rotatable bonds is 6. The lowest BCUT2D eigenvalue weighted by Crippen LogP contribution is -2.46. The van der Waals surface area contributed by atoms with Crippen molar-refractivity contribution in [2.75, 3.05) is 33.4 Å². The first kappa shape index (κ1) is 15.3. The summed E-state index contributed by atoms with van der Waals surface area (Å²) in [6.45, 7) is 6.63. The summed E-state index contributed by atoms with van der Waals surface area (Å²) >= 11 is 0. The van der Waals surface area contributed by atoms with E-state index >= 15 is 0 Å². The third-order valence-corrected chi connectivity index (χ3v) is 4.90. The Hall–Kier alpha value is -0.120. The van der Waals surface area contributed by atoms with Crippen LogP contribution in [-0.4, -0.2) is 50.3 Å². The van der Waals surface area contributed by atoms with Gasteiger partial charge in [0.1, 0.15) is 0 Å². The van der Waals surface area contributed by atoms with Crippen molar-refractivity contribution >= 4 is 0 Å². The van der Waals surface area contributed by atoms with Crippen LogP contribution in [0.1, 0.15) is 51.9 Å². The zero-order chi connectivity index (χ0) is 13.5. The molecule has 0 amide bonds. The summed E-state index contributed by atoms with van der Waals surface area (Å²) in [4.78, 5) is 2.61. The molecule has 0 spiro atoms. The number of ether oxygens (including phenoxy) is 1. The van der Waals surface area contributed by atoms with Crippen LogP contribution in [0.2, 0.25) is 0 Å². The van der Waals surface area contributed by atoms with E-state index in [1.807, 2.05) is 0 Å². The highest BCUT2D eigenvalue weighted by Crippen LogP contribution is 2.26. The quantitative estimate of drug-likeness (QED) is 0.801. The molecule has 2 unspecified atom stereocenters. The Morgan fingerprint density at radius 1 is 1.11 bits per heavy atom. The molecule has 1 aliphatic heterocycles. The van der Waals surface area contributed by atoms with E-state index in [4.69, 9.17) is 4.74 Å². The van der Waals surface area contributed by atoms with Crippen molar-refractivity contribution in [3.05, 3.63) is 0 Å². The molecule has 2 aliphatic rings. The number of nitrogens with one attached hydrogen (secondary N) is 1. The molecule has 1 N–H and O–H groups in total. The van der Waals surface area contributed by atoms with E-state index in [-0.39, 0.29) is 0 Å². The second-order valence-electron chi connectivity index (χ2n) is 6.39. The number of nitrogens with zero attached hydrogens (tertiary/aromatic N) is 1. The molecule has 2 rings (SSSR count). The topological polar surface area (TPSA) is 24.5 Å². The molecule has 0 aromatic heterocycles. The van der Waals surface area contributed by atoms with Crippen molar-refractivity contribution in [2.24, 2.45) is 5.92 Å². The first-order valence-corrected chi connectivity index (χ1v) is 8.32. The van der Waals surface area contributed by atoms with Gasteiger partial charge >= 0.3 is 0 Å². The van der Waals surface area contributed by atoms with Crippen LogP contribution in [0.15, 0.2) is 0 Å². The molecule has 0 bridgehead atoms. The Morgan fingerprint density at radius 2 is 1.84 bits per heavy atom. The SMILES string of the molecule is CCCNC1CCCCC1CN(C)C1CCOCC1. The second-order valence-corrected chi connectivity index (χ2v) is 6.39. The maximum Gasteiger partial charge on any atom is 0.0480 e. The lowest BCUT2D eigenvalue weighted by atomic mass is 9.83. The van der Waals surface area contributed by atoms with E-state index in [9.17, 15) is 0 Å². The van der Waals surface area contributed by atoms with Gasteiger partial charge in [0.2, 0.25) is 0 Å². The number of hydrogen-bond acceptors (Lipinski definition) is 3. The molecular formula is C16H32N2O. The van der Waals surface area contributed by atoms with Crippen LogP contribution in [0, 0.1) is 5.92 Å². The van der Waals surface area contributed by atoms with E-state index in [0.717, 1.165) is 31.2 Å². The van der Waals surface area contributed by atoms with Crippen molar-refractivity contribution in [3.63, 3.8) is 0 Å². The maximum absolute atomic E-state index is 5.48. The zero-order valence-corrected chi connectivity index (χ0v) is 12.9. The normalized spacial score (nSPS) is 29.8. The van der Waals surface area contributed by atoms with Crippen molar-refractivity contribution in [3.8, 4) is 0 Å². The van der Waals surface area contributed by atoms with Gasteiger partial charge in [-0.05, 0) is 51.6 Å². The molecule has 1 saturated carbocycles. The molecule has 0 aromatic rings. The van der Waals surface area contributed by atoms with Crippen LogP contribution < -0.4 is 5.32 Å². The Bertz CT molecular complexity index is 241. The third kappa shape index (κ3) is 4.73. The van der Waals surface area contributed by atoms with E-state index in [2.05, 4.69) is 24.2 Å². The van der Waals surface area contributed by atoms with Crippen molar-refractivity contribution < 1.29 is 4.74 Å². The van der Waals surface area contributed by atoms with Gasteiger partial charge in [0, 0.05) is 31.8 Å². The maximum atomic E-state index is 5.48. The molecule has 1 saturated heterocycles. The van der Waals surface area contributed by atoms with Gasteiger partial charge < -0.3 is 15.0 Å². The lowest BCUT2D eigenvalue weighted by molar-refractivity contribution is 0.0336. The predicted molar refractivity (Wildman–Crippen MR) is 80.5 cm³/mol. The minimum Gasteiger partial charge on any atom is -0.381 e.